The number of benzene rings is 1. The van der Waals surface area contributed by atoms with Gasteiger partial charge in [0.2, 0.25) is 0 Å². The molecule has 0 aliphatic heterocycles. The number of hydrogen-bond acceptors (Lipinski definition) is 5. The topological polar surface area (TPSA) is 86.6 Å². The highest BCUT2D eigenvalue weighted by molar-refractivity contribution is 8.81. The zero-order valence-electron chi connectivity index (χ0n) is 9.41. The van der Waals surface area contributed by atoms with Crippen molar-refractivity contribution in [1.82, 2.24) is 5.32 Å². The van der Waals surface area contributed by atoms with Gasteiger partial charge in [0.25, 0.3) is 5.24 Å². The number of rotatable bonds is 6. The Kier molecular flexibility index (Phi) is 6.63. The van der Waals surface area contributed by atoms with Crippen molar-refractivity contribution in [1.29, 1.82) is 0 Å². The van der Waals surface area contributed by atoms with Gasteiger partial charge >= 0.3 is 5.97 Å². The molecule has 1 atom stereocenters. The molecule has 7 heteroatoms. The van der Waals surface area contributed by atoms with Gasteiger partial charge in [-0.15, -0.1) is 0 Å². The van der Waals surface area contributed by atoms with Crippen LogP contribution in [-0.4, -0.2) is 34.1 Å². The van der Waals surface area contributed by atoms with Crippen molar-refractivity contribution in [3.05, 3.63) is 35.9 Å². The molecule has 1 amide bonds. The minimum absolute atomic E-state index is 0.285. The number of aliphatic carboxylic acids is 1. The van der Waals surface area contributed by atoms with Gasteiger partial charge < -0.3 is 15.5 Å². The number of carboxylic acids is 1. The molecule has 0 fully saturated rings. The van der Waals surface area contributed by atoms with E-state index < -0.39 is 12.1 Å². The number of nitrogens with one attached hydrogen (secondary N) is 1. The number of amides is 1. The summed E-state index contributed by atoms with van der Waals surface area (Å²) >= 11 is 0. The normalized spacial score (nSPS) is 11.8. The van der Waals surface area contributed by atoms with Crippen LogP contribution in [0.3, 0.4) is 0 Å². The average molecular weight is 287 g/mol. The maximum absolute atomic E-state index is 11.3. The molecule has 1 aromatic carbocycles. The Morgan fingerprint density at radius 1 is 1.28 bits per heavy atom. The van der Waals surface area contributed by atoms with Gasteiger partial charge in [-0.05, 0) is 5.56 Å². The predicted molar refractivity (Wildman–Crippen MR) is 72.4 cm³/mol. The highest BCUT2D eigenvalue weighted by Crippen LogP contribution is 2.26. The van der Waals surface area contributed by atoms with Crippen LogP contribution in [0.1, 0.15) is 5.56 Å². The second-order valence-corrected chi connectivity index (χ2v) is 5.62. The van der Waals surface area contributed by atoms with E-state index in [-0.39, 0.29) is 11.8 Å². The molecule has 1 unspecified atom stereocenters. The van der Waals surface area contributed by atoms with Gasteiger partial charge in [-0.3, -0.25) is 4.79 Å². The van der Waals surface area contributed by atoms with Crippen LogP contribution in [0.15, 0.2) is 30.3 Å². The second-order valence-electron chi connectivity index (χ2n) is 3.35. The lowest BCUT2D eigenvalue weighted by Gasteiger charge is -2.06. The molecule has 0 bridgehead atoms. The molecule has 1 aromatic rings. The summed E-state index contributed by atoms with van der Waals surface area (Å²) < 4.78 is 0. The summed E-state index contributed by atoms with van der Waals surface area (Å²) in [6.07, 6.45) is -1.56. The number of carboxylic acid groups (broad SMARTS) is 1. The van der Waals surface area contributed by atoms with Crippen LogP contribution < -0.4 is 5.32 Å². The minimum atomic E-state index is -1.56. The molecule has 0 saturated carbocycles. The van der Waals surface area contributed by atoms with E-state index in [1.807, 2.05) is 30.3 Å². The smallest absolute Gasteiger partial charge is 0.334 e. The van der Waals surface area contributed by atoms with E-state index in [0.29, 0.717) is 5.75 Å². The number of carbonyl (C=O) groups excluding carboxylic acids is 1. The van der Waals surface area contributed by atoms with Crippen LogP contribution in [0.4, 0.5) is 4.79 Å². The average Bonchev–Trinajstić information content (AvgIpc) is 2.37. The van der Waals surface area contributed by atoms with E-state index in [9.17, 15) is 9.59 Å². The first-order valence-electron chi connectivity index (χ1n) is 5.11. The van der Waals surface area contributed by atoms with Crippen LogP contribution in [0.5, 0.6) is 0 Å². The zero-order valence-corrected chi connectivity index (χ0v) is 11.0. The molecule has 98 valence electrons. The highest BCUT2D eigenvalue weighted by Gasteiger charge is 2.14. The summed E-state index contributed by atoms with van der Waals surface area (Å²) in [7, 11) is 2.34. The summed E-state index contributed by atoms with van der Waals surface area (Å²) in [5.41, 5.74) is 1.10. The summed E-state index contributed by atoms with van der Waals surface area (Å²) in [5, 5.41) is 19.3. The third-order valence-corrected chi connectivity index (χ3v) is 3.95. The lowest BCUT2D eigenvalue weighted by atomic mass is 10.2. The van der Waals surface area contributed by atoms with Crippen molar-refractivity contribution in [2.24, 2.45) is 0 Å². The van der Waals surface area contributed by atoms with Crippen molar-refractivity contribution >= 4 is 32.8 Å². The van der Waals surface area contributed by atoms with E-state index in [0.717, 1.165) is 16.4 Å². The number of aliphatic hydroxyl groups excluding tert-OH is 1. The molecule has 0 aliphatic carbocycles. The monoisotopic (exact) mass is 287 g/mol. The van der Waals surface area contributed by atoms with Crippen LogP contribution in [0.25, 0.3) is 0 Å². The van der Waals surface area contributed by atoms with Crippen LogP contribution >= 0.6 is 21.6 Å². The largest absolute Gasteiger partial charge is 0.479 e. The first-order chi connectivity index (χ1) is 8.59. The van der Waals surface area contributed by atoms with E-state index in [2.05, 4.69) is 5.32 Å². The molecular formula is C11H13NO4S2. The predicted octanol–water partition coefficient (Wildman–Crippen LogP) is 1.72. The standard InChI is InChI=1S/C11H13NO4S2/c13-9(10(14)15)6-12-11(16)18-17-7-8-4-2-1-3-5-8/h1-5,9,13H,6-7H2,(H,12,16)(H,14,15). The third-order valence-electron chi connectivity index (χ3n) is 1.93. The Hall–Kier alpha value is -1.18. The van der Waals surface area contributed by atoms with Crippen LogP contribution in [0, 0.1) is 0 Å². The Bertz CT molecular complexity index is 399. The number of carbonyl (C=O) groups is 2. The molecule has 0 heterocycles. The lowest BCUT2D eigenvalue weighted by molar-refractivity contribution is -0.146. The lowest BCUT2D eigenvalue weighted by Crippen LogP contribution is -2.34. The summed E-state index contributed by atoms with van der Waals surface area (Å²) in [6.45, 7) is -0.285. The van der Waals surface area contributed by atoms with Gasteiger partial charge in [0.1, 0.15) is 0 Å². The Morgan fingerprint density at radius 2 is 1.94 bits per heavy atom. The molecule has 18 heavy (non-hydrogen) atoms. The molecule has 0 radical (unpaired) electrons. The molecule has 3 N–H and O–H groups in total. The fraction of sp³-hybridized carbons (Fsp3) is 0.273. The molecule has 0 spiro atoms. The Balaban J connectivity index is 2.16. The minimum Gasteiger partial charge on any atom is -0.479 e. The molecular weight excluding hydrogens is 274 g/mol. The number of hydrogen-bond donors (Lipinski definition) is 3. The molecule has 0 aromatic heterocycles. The quantitative estimate of drug-likeness (QED) is 0.691. The Morgan fingerprint density at radius 3 is 2.56 bits per heavy atom. The van der Waals surface area contributed by atoms with Crippen molar-refractivity contribution in [3.8, 4) is 0 Å². The van der Waals surface area contributed by atoms with Crippen molar-refractivity contribution in [2.45, 2.75) is 11.9 Å². The van der Waals surface area contributed by atoms with Crippen molar-refractivity contribution in [2.75, 3.05) is 6.54 Å². The third kappa shape index (κ3) is 5.95. The fourth-order valence-corrected chi connectivity index (χ4v) is 2.74. The molecule has 0 aliphatic rings. The molecule has 5 nitrogen and oxygen atoms in total. The maximum Gasteiger partial charge on any atom is 0.334 e. The van der Waals surface area contributed by atoms with Gasteiger partial charge in [-0.25, -0.2) is 4.79 Å². The van der Waals surface area contributed by atoms with Crippen molar-refractivity contribution < 1.29 is 19.8 Å². The molecule has 1 rings (SSSR count). The van der Waals surface area contributed by atoms with Crippen molar-refractivity contribution in [3.63, 3.8) is 0 Å². The molecule has 0 saturated heterocycles. The first-order valence-corrected chi connectivity index (χ1v) is 7.43. The van der Waals surface area contributed by atoms with Crippen LogP contribution in [-0.2, 0) is 10.5 Å². The van der Waals surface area contributed by atoms with E-state index in [1.54, 1.807) is 0 Å². The van der Waals surface area contributed by atoms with Gasteiger partial charge in [-0.1, -0.05) is 41.1 Å². The van der Waals surface area contributed by atoms with Gasteiger partial charge in [0.15, 0.2) is 6.10 Å². The van der Waals surface area contributed by atoms with Gasteiger partial charge in [0, 0.05) is 16.5 Å². The van der Waals surface area contributed by atoms with Crippen LogP contribution in [0.2, 0.25) is 0 Å². The Labute approximate surface area is 112 Å². The zero-order chi connectivity index (χ0) is 13.4. The van der Waals surface area contributed by atoms with E-state index in [1.165, 1.54) is 10.8 Å². The summed E-state index contributed by atoms with van der Waals surface area (Å²) in [6, 6.07) is 9.67. The van der Waals surface area contributed by atoms with Gasteiger partial charge in [-0.2, -0.15) is 0 Å². The summed E-state index contributed by atoms with van der Waals surface area (Å²) in [4.78, 5) is 21.6. The highest BCUT2D eigenvalue weighted by atomic mass is 33.1. The maximum atomic E-state index is 11.3. The van der Waals surface area contributed by atoms with E-state index >= 15 is 0 Å². The fourth-order valence-electron chi connectivity index (χ4n) is 1.02. The number of aliphatic hydroxyl groups is 1. The first kappa shape index (κ1) is 14.9. The SMILES string of the molecule is O=C(NCC(O)C(=O)O)SSCc1ccccc1. The second kappa shape index (κ2) is 8.02. The van der Waals surface area contributed by atoms with E-state index in [4.69, 9.17) is 10.2 Å². The summed E-state index contributed by atoms with van der Waals surface area (Å²) in [5.74, 6) is -0.669. The van der Waals surface area contributed by atoms with Gasteiger partial charge in [0.05, 0.1) is 6.54 Å².